The molecule has 2 aromatic carbocycles. The van der Waals surface area contributed by atoms with Crippen LogP contribution in [0.4, 0.5) is 0 Å². The number of aryl methyl sites for hydroxylation is 1. The molecule has 6 nitrogen and oxygen atoms in total. The first kappa shape index (κ1) is 16.9. The van der Waals surface area contributed by atoms with Crippen molar-refractivity contribution in [2.45, 2.75) is 25.5 Å². The molecular formula is C22H20N2O4. The molecule has 1 unspecified atom stereocenters. The van der Waals surface area contributed by atoms with Crippen molar-refractivity contribution in [3.63, 3.8) is 0 Å². The number of fused-ring (bicyclic) bond motifs is 4. The molecule has 1 atom stereocenters. The van der Waals surface area contributed by atoms with E-state index >= 15 is 0 Å². The number of aromatic nitrogens is 2. The lowest BCUT2D eigenvalue weighted by Gasteiger charge is -2.22. The molecule has 6 heteroatoms. The number of benzene rings is 2. The maximum atomic E-state index is 12.5. The third-order valence-electron chi connectivity index (χ3n) is 5.31. The van der Waals surface area contributed by atoms with Crippen LogP contribution in [-0.4, -0.2) is 29.4 Å². The molecule has 0 saturated heterocycles. The quantitative estimate of drug-likeness (QED) is 0.701. The summed E-state index contributed by atoms with van der Waals surface area (Å²) in [7, 11) is 1.66. The number of nitrogens with zero attached hydrogens (tertiary/aromatic N) is 2. The second kappa shape index (κ2) is 6.71. The van der Waals surface area contributed by atoms with Gasteiger partial charge < -0.3 is 14.2 Å². The van der Waals surface area contributed by atoms with Gasteiger partial charge in [0, 0.05) is 24.6 Å². The number of hydrogen-bond donors (Lipinski definition) is 0. The predicted molar refractivity (Wildman–Crippen MR) is 104 cm³/mol. The first-order chi connectivity index (χ1) is 13.7. The van der Waals surface area contributed by atoms with Crippen molar-refractivity contribution in [3.05, 3.63) is 70.1 Å². The molecule has 0 bridgehead atoms. The van der Waals surface area contributed by atoms with E-state index in [0.29, 0.717) is 19.0 Å². The van der Waals surface area contributed by atoms with E-state index < -0.39 is 0 Å². The zero-order valence-corrected chi connectivity index (χ0v) is 15.6. The van der Waals surface area contributed by atoms with E-state index in [0.717, 1.165) is 41.2 Å². The van der Waals surface area contributed by atoms with Gasteiger partial charge in [0.1, 0.15) is 24.2 Å². The molecule has 0 spiro atoms. The maximum absolute atomic E-state index is 12.5. The molecule has 0 fully saturated rings. The number of para-hydroxylation sites is 1. The predicted octanol–water partition coefficient (Wildman–Crippen LogP) is 2.86. The molecule has 28 heavy (non-hydrogen) atoms. The van der Waals surface area contributed by atoms with Crippen molar-refractivity contribution < 1.29 is 14.2 Å². The van der Waals surface area contributed by atoms with E-state index in [9.17, 15) is 4.79 Å². The molecule has 0 saturated carbocycles. The first-order valence-corrected chi connectivity index (χ1v) is 9.38. The van der Waals surface area contributed by atoms with Gasteiger partial charge in [-0.3, -0.25) is 4.57 Å². The Morgan fingerprint density at radius 2 is 2.07 bits per heavy atom. The molecule has 1 aromatic heterocycles. The molecule has 3 aromatic rings. The number of ether oxygens (including phenoxy) is 3. The Labute approximate surface area is 162 Å². The van der Waals surface area contributed by atoms with E-state index in [1.807, 2.05) is 42.5 Å². The Hall–Kier alpha value is -3.28. The van der Waals surface area contributed by atoms with E-state index in [2.05, 4.69) is 11.1 Å². The Bertz CT molecular complexity index is 1080. The topological polar surface area (TPSA) is 62.6 Å². The summed E-state index contributed by atoms with van der Waals surface area (Å²) in [5, 5.41) is 0. The molecule has 0 aliphatic carbocycles. The van der Waals surface area contributed by atoms with Gasteiger partial charge in [0.05, 0.1) is 12.8 Å². The highest BCUT2D eigenvalue weighted by Gasteiger charge is 2.24. The zero-order chi connectivity index (χ0) is 19.1. The monoisotopic (exact) mass is 376 g/mol. The smallest absolute Gasteiger partial charge is 0.351 e. The summed E-state index contributed by atoms with van der Waals surface area (Å²) in [4.78, 5) is 16.6. The van der Waals surface area contributed by atoms with Crippen molar-refractivity contribution in [1.82, 2.24) is 9.55 Å². The molecule has 5 rings (SSSR count). The van der Waals surface area contributed by atoms with Crippen LogP contribution in [0.25, 0.3) is 11.3 Å². The Balaban J connectivity index is 1.39. The van der Waals surface area contributed by atoms with Crippen molar-refractivity contribution >= 4 is 0 Å². The van der Waals surface area contributed by atoms with E-state index in [4.69, 9.17) is 14.2 Å². The number of rotatable bonds is 4. The Morgan fingerprint density at radius 3 is 2.93 bits per heavy atom. The lowest BCUT2D eigenvalue weighted by molar-refractivity contribution is 0.144. The summed E-state index contributed by atoms with van der Waals surface area (Å²) in [6, 6.07) is 15.7. The summed E-state index contributed by atoms with van der Waals surface area (Å²) in [6.07, 6.45) is 1.49. The summed E-state index contributed by atoms with van der Waals surface area (Å²) in [6.45, 7) is 0.947. The largest absolute Gasteiger partial charge is 0.497 e. The van der Waals surface area contributed by atoms with Gasteiger partial charge in [0.2, 0.25) is 5.88 Å². The van der Waals surface area contributed by atoms with Gasteiger partial charge in [0.15, 0.2) is 0 Å². The lowest BCUT2D eigenvalue weighted by Crippen LogP contribution is -2.29. The van der Waals surface area contributed by atoms with Crippen molar-refractivity contribution in [2.75, 3.05) is 13.7 Å². The molecule has 2 aliphatic heterocycles. The molecule has 2 aliphatic rings. The van der Waals surface area contributed by atoms with E-state index in [1.54, 1.807) is 11.7 Å². The fourth-order valence-corrected chi connectivity index (χ4v) is 3.91. The van der Waals surface area contributed by atoms with Crippen LogP contribution in [0.3, 0.4) is 0 Å². The summed E-state index contributed by atoms with van der Waals surface area (Å²) >= 11 is 0. The molecule has 0 amide bonds. The maximum Gasteiger partial charge on any atom is 0.351 e. The van der Waals surface area contributed by atoms with Crippen molar-refractivity contribution in [1.29, 1.82) is 0 Å². The number of hydrogen-bond acceptors (Lipinski definition) is 5. The summed E-state index contributed by atoms with van der Waals surface area (Å²) in [5.74, 6) is 2.05. The van der Waals surface area contributed by atoms with E-state index in [1.165, 1.54) is 5.56 Å². The normalized spacial score (nSPS) is 16.5. The van der Waals surface area contributed by atoms with Crippen LogP contribution in [0, 0.1) is 0 Å². The third kappa shape index (κ3) is 2.91. The lowest BCUT2D eigenvalue weighted by atomic mass is 9.97. The molecule has 0 N–H and O–H groups in total. The van der Waals surface area contributed by atoms with Gasteiger partial charge in [-0.1, -0.05) is 18.2 Å². The van der Waals surface area contributed by atoms with Crippen molar-refractivity contribution in [3.8, 4) is 28.6 Å². The number of methoxy groups -OCH3 is 1. The standard InChI is InChI=1S/C22H20N2O4/c1-26-16-6-7-18-14(10-16)8-9-24-19(18)12-21(23-22(24)25)27-13-17-11-15-4-2-3-5-20(15)28-17/h2-7,10,12,17H,8-9,11,13H2,1H3. The SMILES string of the molecule is COc1ccc2c(c1)CCn1c-2cc(OCC2Cc3ccccc3O2)nc1=O. The van der Waals surface area contributed by atoms with Gasteiger partial charge in [-0.15, -0.1) is 0 Å². The van der Waals surface area contributed by atoms with Crippen LogP contribution in [0.5, 0.6) is 17.4 Å². The van der Waals surface area contributed by atoms with Crippen LogP contribution >= 0.6 is 0 Å². The van der Waals surface area contributed by atoms with E-state index in [-0.39, 0.29) is 11.8 Å². The third-order valence-corrected chi connectivity index (χ3v) is 5.31. The van der Waals surface area contributed by atoms with Crippen molar-refractivity contribution in [2.24, 2.45) is 0 Å². The fourth-order valence-electron chi connectivity index (χ4n) is 3.91. The van der Waals surface area contributed by atoms with Gasteiger partial charge in [0.25, 0.3) is 0 Å². The summed E-state index contributed by atoms with van der Waals surface area (Å²) < 4.78 is 18.8. The van der Waals surface area contributed by atoms with Crippen LogP contribution in [0.15, 0.2) is 53.3 Å². The highest BCUT2D eigenvalue weighted by atomic mass is 16.5. The van der Waals surface area contributed by atoms with Crippen LogP contribution in [0.2, 0.25) is 0 Å². The van der Waals surface area contributed by atoms with Gasteiger partial charge in [-0.05, 0) is 41.8 Å². The zero-order valence-electron chi connectivity index (χ0n) is 15.6. The summed E-state index contributed by atoms with van der Waals surface area (Å²) in [5.41, 5.74) is 3.89. The van der Waals surface area contributed by atoms with Crippen LogP contribution < -0.4 is 19.9 Å². The minimum atomic E-state index is -0.287. The molecule has 142 valence electrons. The van der Waals surface area contributed by atoms with Gasteiger partial charge in [-0.25, -0.2) is 4.79 Å². The van der Waals surface area contributed by atoms with Crippen LogP contribution in [-0.2, 0) is 19.4 Å². The molecular weight excluding hydrogens is 356 g/mol. The highest BCUT2D eigenvalue weighted by Crippen LogP contribution is 2.32. The molecule has 3 heterocycles. The first-order valence-electron chi connectivity index (χ1n) is 9.38. The Morgan fingerprint density at radius 1 is 1.18 bits per heavy atom. The van der Waals surface area contributed by atoms with Crippen LogP contribution in [0.1, 0.15) is 11.1 Å². The van der Waals surface area contributed by atoms with Gasteiger partial charge >= 0.3 is 5.69 Å². The highest BCUT2D eigenvalue weighted by molar-refractivity contribution is 5.67. The van der Waals surface area contributed by atoms with Gasteiger partial charge in [-0.2, -0.15) is 4.98 Å². The molecule has 0 radical (unpaired) electrons. The average Bonchev–Trinajstić information content (AvgIpc) is 3.14. The second-order valence-corrected chi connectivity index (χ2v) is 7.05. The average molecular weight is 376 g/mol. The minimum Gasteiger partial charge on any atom is -0.497 e. The minimum absolute atomic E-state index is 0.0745. The Kier molecular flexibility index (Phi) is 4.04. The fraction of sp³-hybridized carbons (Fsp3) is 0.273. The second-order valence-electron chi connectivity index (χ2n) is 7.05.